The van der Waals surface area contributed by atoms with Crippen LogP contribution in [-0.4, -0.2) is 9.55 Å². The van der Waals surface area contributed by atoms with Gasteiger partial charge in [-0.05, 0) is 36.6 Å². The fraction of sp³-hybridized carbons (Fsp3) is 0.278. The Balaban J connectivity index is 2.22. The molecule has 2 aromatic carbocycles. The van der Waals surface area contributed by atoms with Crippen molar-refractivity contribution in [2.24, 2.45) is 0 Å². The van der Waals surface area contributed by atoms with Crippen LogP contribution in [0.3, 0.4) is 0 Å². The first-order chi connectivity index (χ1) is 10.2. The summed E-state index contributed by atoms with van der Waals surface area (Å²) in [4.78, 5) is 4.72. The second kappa shape index (κ2) is 5.90. The number of aromatic nitrogens is 2. The second-order valence-electron chi connectivity index (χ2n) is 5.36. The van der Waals surface area contributed by atoms with E-state index in [1.807, 2.05) is 6.07 Å². The summed E-state index contributed by atoms with van der Waals surface area (Å²) in [6.07, 6.45) is 1.01. The van der Waals surface area contributed by atoms with E-state index in [1.165, 1.54) is 11.1 Å². The van der Waals surface area contributed by atoms with Crippen molar-refractivity contribution < 1.29 is 0 Å². The van der Waals surface area contributed by atoms with Crippen LogP contribution >= 0.6 is 11.6 Å². The van der Waals surface area contributed by atoms with Crippen molar-refractivity contribution in [1.29, 1.82) is 0 Å². The zero-order valence-electron chi connectivity index (χ0n) is 12.4. The van der Waals surface area contributed by atoms with Crippen LogP contribution in [0.1, 0.15) is 36.3 Å². The molecule has 0 bridgehead atoms. The molecule has 3 rings (SSSR count). The molecule has 108 valence electrons. The molecule has 3 heteroatoms. The van der Waals surface area contributed by atoms with Crippen LogP contribution in [-0.2, 0) is 5.88 Å². The van der Waals surface area contributed by atoms with Gasteiger partial charge in [-0.3, -0.25) is 0 Å². The fourth-order valence-corrected chi connectivity index (χ4v) is 3.13. The highest BCUT2D eigenvalue weighted by Crippen LogP contribution is 2.29. The molecule has 1 heterocycles. The Bertz CT molecular complexity index is 747. The first-order valence-corrected chi connectivity index (χ1v) is 7.86. The number of hydrogen-bond acceptors (Lipinski definition) is 1. The Morgan fingerprint density at radius 3 is 2.57 bits per heavy atom. The normalized spacial score (nSPS) is 12.7. The van der Waals surface area contributed by atoms with E-state index < -0.39 is 0 Å². The van der Waals surface area contributed by atoms with E-state index in [0.29, 0.717) is 5.88 Å². The molecule has 0 aliphatic heterocycles. The molecular weight excluding hydrogens is 280 g/mol. The lowest BCUT2D eigenvalue weighted by Crippen LogP contribution is -2.12. The Kier molecular flexibility index (Phi) is 3.98. The third-order valence-corrected chi connectivity index (χ3v) is 4.16. The first kappa shape index (κ1) is 14.2. The zero-order chi connectivity index (χ0) is 14.8. The third-order valence-electron chi connectivity index (χ3n) is 3.92. The van der Waals surface area contributed by atoms with Crippen molar-refractivity contribution in [2.45, 2.75) is 32.2 Å². The molecule has 1 unspecified atom stereocenters. The molecule has 1 atom stereocenters. The molecule has 3 aromatic rings. The highest BCUT2D eigenvalue weighted by atomic mass is 35.5. The van der Waals surface area contributed by atoms with Crippen molar-refractivity contribution in [3.63, 3.8) is 0 Å². The maximum absolute atomic E-state index is 6.15. The summed E-state index contributed by atoms with van der Waals surface area (Å²) >= 11 is 6.15. The highest BCUT2D eigenvalue weighted by molar-refractivity contribution is 6.16. The van der Waals surface area contributed by atoms with Gasteiger partial charge in [0.15, 0.2) is 0 Å². The second-order valence-corrected chi connectivity index (χ2v) is 5.63. The van der Waals surface area contributed by atoms with E-state index >= 15 is 0 Å². The maximum Gasteiger partial charge on any atom is 0.125 e. The first-order valence-electron chi connectivity index (χ1n) is 7.33. The Morgan fingerprint density at radius 1 is 1.14 bits per heavy atom. The average molecular weight is 299 g/mol. The lowest BCUT2D eigenvalue weighted by atomic mass is 10.0. The molecule has 0 aliphatic carbocycles. The zero-order valence-corrected chi connectivity index (χ0v) is 13.1. The van der Waals surface area contributed by atoms with Crippen LogP contribution in [0.4, 0.5) is 0 Å². The van der Waals surface area contributed by atoms with Gasteiger partial charge in [0.2, 0.25) is 0 Å². The van der Waals surface area contributed by atoms with E-state index in [4.69, 9.17) is 16.6 Å². The van der Waals surface area contributed by atoms with Gasteiger partial charge in [-0.1, -0.05) is 43.3 Å². The van der Waals surface area contributed by atoms with Crippen molar-refractivity contribution in [3.05, 3.63) is 65.5 Å². The summed E-state index contributed by atoms with van der Waals surface area (Å²) in [5.41, 5.74) is 4.71. The smallest absolute Gasteiger partial charge is 0.125 e. The van der Waals surface area contributed by atoms with Gasteiger partial charge in [-0.25, -0.2) is 4.98 Å². The van der Waals surface area contributed by atoms with Crippen LogP contribution in [0.5, 0.6) is 0 Å². The van der Waals surface area contributed by atoms with E-state index in [0.717, 1.165) is 23.3 Å². The number of nitrogens with zero attached hydrogens (tertiary/aromatic N) is 2. The molecular formula is C18H19ClN2. The number of alkyl halides is 1. The standard InChI is InChI=1S/C18H19ClN2/c1-3-16(14-7-5-4-6-8-14)21-17-10-9-13(2)11-15(17)20-18(21)12-19/h4-11,16H,3,12H2,1-2H3. The Labute approximate surface area is 130 Å². The van der Waals surface area contributed by atoms with Gasteiger partial charge >= 0.3 is 0 Å². The average Bonchev–Trinajstić information content (AvgIpc) is 2.87. The highest BCUT2D eigenvalue weighted by Gasteiger charge is 2.18. The van der Waals surface area contributed by atoms with E-state index in [-0.39, 0.29) is 6.04 Å². The lowest BCUT2D eigenvalue weighted by Gasteiger charge is -2.20. The number of fused-ring (bicyclic) bond motifs is 1. The number of hydrogen-bond donors (Lipinski definition) is 0. The largest absolute Gasteiger partial charge is 0.319 e. The predicted octanol–water partition coefficient (Wildman–Crippen LogP) is 5.08. The maximum atomic E-state index is 6.15. The number of aryl methyl sites for hydroxylation is 1. The summed E-state index contributed by atoms with van der Waals surface area (Å²) in [6, 6.07) is 17.2. The van der Waals surface area contributed by atoms with Crippen LogP contribution < -0.4 is 0 Å². The van der Waals surface area contributed by atoms with E-state index in [9.17, 15) is 0 Å². The molecule has 21 heavy (non-hydrogen) atoms. The molecule has 2 nitrogen and oxygen atoms in total. The predicted molar refractivity (Wildman–Crippen MR) is 88.9 cm³/mol. The van der Waals surface area contributed by atoms with Crippen LogP contribution in [0, 0.1) is 6.92 Å². The molecule has 0 spiro atoms. The monoisotopic (exact) mass is 298 g/mol. The minimum Gasteiger partial charge on any atom is -0.319 e. The Morgan fingerprint density at radius 2 is 1.90 bits per heavy atom. The third kappa shape index (κ3) is 2.56. The molecule has 0 saturated heterocycles. The van der Waals surface area contributed by atoms with Crippen molar-refractivity contribution in [2.75, 3.05) is 0 Å². The van der Waals surface area contributed by atoms with Gasteiger partial charge in [-0.15, -0.1) is 11.6 Å². The molecule has 0 fully saturated rings. The summed E-state index contributed by atoms with van der Waals surface area (Å²) in [7, 11) is 0. The summed E-state index contributed by atoms with van der Waals surface area (Å²) < 4.78 is 2.29. The summed E-state index contributed by atoms with van der Waals surface area (Å²) in [5.74, 6) is 1.37. The quantitative estimate of drug-likeness (QED) is 0.614. The van der Waals surface area contributed by atoms with Crippen molar-refractivity contribution in [3.8, 4) is 0 Å². The van der Waals surface area contributed by atoms with Crippen LogP contribution in [0.25, 0.3) is 11.0 Å². The fourth-order valence-electron chi connectivity index (χ4n) is 2.94. The van der Waals surface area contributed by atoms with Crippen LogP contribution in [0.2, 0.25) is 0 Å². The molecule has 0 saturated carbocycles. The van der Waals surface area contributed by atoms with Gasteiger partial charge in [0.25, 0.3) is 0 Å². The summed E-state index contributed by atoms with van der Waals surface area (Å²) in [5, 5.41) is 0. The number of rotatable bonds is 4. The lowest BCUT2D eigenvalue weighted by molar-refractivity contribution is 0.565. The number of halogens is 1. The van der Waals surface area contributed by atoms with Gasteiger partial charge in [-0.2, -0.15) is 0 Å². The minimum absolute atomic E-state index is 0.271. The molecule has 0 aliphatic rings. The number of benzene rings is 2. The summed E-state index contributed by atoms with van der Waals surface area (Å²) in [6.45, 7) is 4.29. The number of imidazole rings is 1. The van der Waals surface area contributed by atoms with Crippen LogP contribution in [0.15, 0.2) is 48.5 Å². The topological polar surface area (TPSA) is 17.8 Å². The van der Waals surface area contributed by atoms with Crippen molar-refractivity contribution in [1.82, 2.24) is 9.55 Å². The molecule has 1 aromatic heterocycles. The molecule has 0 radical (unpaired) electrons. The Hall–Kier alpha value is -1.80. The van der Waals surface area contributed by atoms with Gasteiger partial charge in [0.1, 0.15) is 5.82 Å². The van der Waals surface area contributed by atoms with Gasteiger partial charge in [0.05, 0.1) is 23.0 Å². The van der Waals surface area contributed by atoms with E-state index in [1.54, 1.807) is 0 Å². The molecule has 0 N–H and O–H groups in total. The van der Waals surface area contributed by atoms with Gasteiger partial charge in [0, 0.05) is 0 Å². The minimum atomic E-state index is 0.271. The van der Waals surface area contributed by atoms with Gasteiger partial charge < -0.3 is 4.57 Å². The molecule has 0 amide bonds. The van der Waals surface area contributed by atoms with E-state index in [2.05, 4.69) is 60.9 Å². The SMILES string of the molecule is CCC(c1ccccc1)n1c(CCl)nc2cc(C)ccc21. The van der Waals surface area contributed by atoms with Crippen molar-refractivity contribution >= 4 is 22.6 Å².